The first-order valence-corrected chi connectivity index (χ1v) is 6.10. The summed E-state index contributed by atoms with van der Waals surface area (Å²) in [6.07, 6.45) is 0. The Labute approximate surface area is 116 Å². The van der Waals surface area contributed by atoms with E-state index in [9.17, 15) is 20.1 Å². The molecule has 0 spiro atoms. The molecule has 0 heterocycles. The van der Waals surface area contributed by atoms with Crippen LogP contribution in [0.3, 0.4) is 0 Å². The number of hydrogen-bond acceptors (Lipinski definition) is 4. The summed E-state index contributed by atoms with van der Waals surface area (Å²) in [4.78, 5) is 12.0. The van der Waals surface area contributed by atoms with Gasteiger partial charge in [0.15, 0.2) is 0 Å². The van der Waals surface area contributed by atoms with Crippen LogP contribution < -0.4 is 5.32 Å². The van der Waals surface area contributed by atoms with Gasteiger partial charge in [0.05, 0.1) is 12.6 Å². The van der Waals surface area contributed by atoms with Crippen LogP contribution in [0.25, 0.3) is 0 Å². The average molecular weight is 273 g/mol. The molecule has 0 unspecified atom stereocenters. The molecular formula is C15H15NO4. The van der Waals surface area contributed by atoms with Gasteiger partial charge in [-0.05, 0) is 17.7 Å². The minimum atomic E-state index is -0.548. The molecular weight excluding hydrogens is 258 g/mol. The number of rotatable bonds is 4. The molecule has 20 heavy (non-hydrogen) atoms. The maximum absolute atomic E-state index is 12.0. The first kappa shape index (κ1) is 13.9. The predicted octanol–water partition coefficient (Wildman–Crippen LogP) is 1.56. The number of phenols is 2. The van der Waals surface area contributed by atoms with E-state index in [0.717, 1.165) is 11.6 Å². The quantitative estimate of drug-likeness (QED) is 0.680. The van der Waals surface area contributed by atoms with Crippen LogP contribution >= 0.6 is 0 Å². The van der Waals surface area contributed by atoms with Gasteiger partial charge in [0.25, 0.3) is 5.91 Å². The fraction of sp³-hybridized carbons (Fsp3) is 0.133. The summed E-state index contributed by atoms with van der Waals surface area (Å²) >= 11 is 0. The van der Waals surface area contributed by atoms with Gasteiger partial charge in [-0.1, -0.05) is 30.3 Å². The Hall–Kier alpha value is -2.53. The van der Waals surface area contributed by atoms with Crippen molar-refractivity contribution in [1.29, 1.82) is 0 Å². The molecule has 0 aliphatic carbocycles. The smallest absolute Gasteiger partial charge is 0.252 e. The van der Waals surface area contributed by atoms with E-state index >= 15 is 0 Å². The molecule has 0 bridgehead atoms. The molecule has 0 radical (unpaired) electrons. The number of aliphatic hydroxyl groups excluding tert-OH is 1. The lowest BCUT2D eigenvalue weighted by Gasteiger charge is -2.16. The summed E-state index contributed by atoms with van der Waals surface area (Å²) in [5.41, 5.74) is 0.893. The van der Waals surface area contributed by atoms with Crippen molar-refractivity contribution >= 4 is 5.91 Å². The van der Waals surface area contributed by atoms with Gasteiger partial charge in [-0.25, -0.2) is 0 Å². The van der Waals surface area contributed by atoms with E-state index in [0.29, 0.717) is 0 Å². The van der Waals surface area contributed by atoms with Gasteiger partial charge in [0.1, 0.15) is 11.5 Å². The van der Waals surface area contributed by atoms with Crippen molar-refractivity contribution in [2.45, 2.75) is 6.04 Å². The molecule has 1 amide bonds. The van der Waals surface area contributed by atoms with Crippen LogP contribution in [0.4, 0.5) is 0 Å². The fourth-order valence-electron chi connectivity index (χ4n) is 1.89. The van der Waals surface area contributed by atoms with Gasteiger partial charge in [0, 0.05) is 11.6 Å². The molecule has 2 aromatic rings. The number of nitrogens with one attached hydrogen (secondary N) is 1. The molecule has 0 saturated carbocycles. The molecule has 5 heteroatoms. The molecule has 1 atom stereocenters. The minimum Gasteiger partial charge on any atom is -0.508 e. The highest BCUT2D eigenvalue weighted by Crippen LogP contribution is 2.21. The first-order chi connectivity index (χ1) is 9.60. The Morgan fingerprint density at radius 3 is 2.20 bits per heavy atom. The number of carbonyl (C=O) groups is 1. The fourth-order valence-corrected chi connectivity index (χ4v) is 1.89. The van der Waals surface area contributed by atoms with Gasteiger partial charge < -0.3 is 20.6 Å². The van der Waals surface area contributed by atoms with Crippen molar-refractivity contribution in [3.05, 3.63) is 59.7 Å². The van der Waals surface area contributed by atoms with Crippen LogP contribution in [0.5, 0.6) is 11.5 Å². The lowest BCUT2D eigenvalue weighted by Crippen LogP contribution is -2.30. The highest BCUT2D eigenvalue weighted by atomic mass is 16.3. The molecule has 0 aliphatic heterocycles. The Morgan fingerprint density at radius 1 is 1.05 bits per heavy atom. The number of aromatic hydroxyl groups is 2. The highest BCUT2D eigenvalue weighted by Gasteiger charge is 2.15. The Morgan fingerprint density at radius 2 is 1.65 bits per heavy atom. The van der Waals surface area contributed by atoms with Crippen LogP contribution in [0, 0.1) is 0 Å². The zero-order chi connectivity index (χ0) is 14.5. The van der Waals surface area contributed by atoms with Crippen LogP contribution in [-0.2, 0) is 0 Å². The Bertz CT molecular complexity index is 578. The molecule has 4 N–H and O–H groups in total. The van der Waals surface area contributed by atoms with Crippen LogP contribution in [0.1, 0.15) is 22.0 Å². The summed E-state index contributed by atoms with van der Waals surface area (Å²) in [5, 5.41) is 30.7. The van der Waals surface area contributed by atoms with Gasteiger partial charge in [0.2, 0.25) is 0 Å². The SMILES string of the molecule is O=C(N[C@H](CO)c1ccccc1)c1cc(O)cc(O)c1. The molecule has 0 saturated heterocycles. The number of carbonyl (C=O) groups excluding carboxylic acids is 1. The van der Waals surface area contributed by atoms with E-state index in [1.54, 1.807) is 12.1 Å². The molecule has 2 rings (SSSR count). The molecule has 0 aromatic heterocycles. The minimum absolute atomic E-state index is 0.122. The summed E-state index contributed by atoms with van der Waals surface area (Å²) < 4.78 is 0. The monoisotopic (exact) mass is 273 g/mol. The van der Waals surface area contributed by atoms with E-state index in [-0.39, 0.29) is 23.7 Å². The second-order valence-corrected chi connectivity index (χ2v) is 4.36. The topological polar surface area (TPSA) is 89.8 Å². The zero-order valence-electron chi connectivity index (χ0n) is 10.7. The number of hydrogen-bond donors (Lipinski definition) is 4. The summed E-state index contributed by atoms with van der Waals surface area (Å²) in [7, 11) is 0. The lowest BCUT2D eigenvalue weighted by molar-refractivity contribution is 0.0915. The number of aliphatic hydroxyl groups is 1. The van der Waals surface area contributed by atoms with Crippen LogP contribution in [0.15, 0.2) is 48.5 Å². The normalized spacial score (nSPS) is 11.8. The van der Waals surface area contributed by atoms with Crippen molar-refractivity contribution in [2.24, 2.45) is 0 Å². The maximum atomic E-state index is 12.0. The zero-order valence-corrected chi connectivity index (χ0v) is 10.7. The third-order valence-electron chi connectivity index (χ3n) is 2.85. The lowest BCUT2D eigenvalue weighted by atomic mass is 10.1. The second-order valence-electron chi connectivity index (χ2n) is 4.36. The Kier molecular flexibility index (Phi) is 4.22. The van der Waals surface area contributed by atoms with Crippen molar-refractivity contribution < 1.29 is 20.1 Å². The van der Waals surface area contributed by atoms with E-state index in [2.05, 4.69) is 5.32 Å². The van der Waals surface area contributed by atoms with Gasteiger partial charge in [-0.15, -0.1) is 0 Å². The van der Waals surface area contributed by atoms with E-state index in [4.69, 9.17) is 0 Å². The predicted molar refractivity (Wildman–Crippen MR) is 73.5 cm³/mol. The number of phenolic OH excluding ortho intramolecular Hbond substituents is 2. The van der Waals surface area contributed by atoms with Crippen LogP contribution in [0.2, 0.25) is 0 Å². The summed E-state index contributed by atoms with van der Waals surface area (Å²) in [6.45, 7) is -0.249. The highest BCUT2D eigenvalue weighted by molar-refractivity contribution is 5.95. The first-order valence-electron chi connectivity index (χ1n) is 6.10. The van der Waals surface area contributed by atoms with E-state index in [1.807, 2.05) is 18.2 Å². The summed E-state index contributed by atoms with van der Waals surface area (Å²) in [6, 6.07) is 12.1. The number of benzene rings is 2. The molecule has 0 fully saturated rings. The van der Waals surface area contributed by atoms with E-state index < -0.39 is 11.9 Å². The molecule has 0 aliphatic rings. The average Bonchev–Trinajstić information content (AvgIpc) is 2.44. The third kappa shape index (κ3) is 3.27. The largest absolute Gasteiger partial charge is 0.508 e. The second kappa shape index (κ2) is 6.08. The van der Waals surface area contributed by atoms with Crippen molar-refractivity contribution in [3.8, 4) is 11.5 Å². The van der Waals surface area contributed by atoms with Crippen molar-refractivity contribution in [1.82, 2.24) is 5.32 Å². The standard InChI is InChI=1S/C15H15NO4/c17-9-14(10-4-2-1-3-5-10)16-15(20)11-6-12(18)8-13(19)7-11/h1-8,14,17-19H,9H2,(H,16,20)/t14-/m1/s1. The van der Waals surface area contributed by atoms with Gasteiger partial charge >= 0.3 is 0 Å². The Balaban J connectivity index is 2.17. The van der Waals surface area contributed by atoms with Crippen molar-refractivity contribution in [2.75, 3.05) is 6.61 Å². The number of amides is 1. The summed E-state index contributed by atoms with van der Waals surface area (Å²) in [5.74, 6) is -0.884. The molecule has 2 aromatic carbocycles. The maximum Gasteiger partial charge on any atom is 0.252 e. The van der Waals surface area contributed by atoms with Crippen LogP contribution in [-0.4, -0.2) is 27.8 Å². The van der Waals surface area contributed by atoms with Gasteiger partial charge in [-0.3, -0.25) is 4.79 Å². The molecule has 5 nitrogen and oxygen atoms in total. The van der Waals surface area contributed by atoms with Gasteiger partial charge in [-0.2, -0.15) is 0 Å². The van der Waals surface area contributed by atoms with E-state index in [1.165, 1.54) is 12.1 Å². The third-order valence-corrected chi connectivity index (χ3v) is 2.85. The molecule has 104 valence electrons. The van der Waals surface area contributed by atoms with Crippen molar-refractivity contribution in [3.63, 3.8) is 0 Å².